The Hall–Kier alpha value is -1.22. The van der Waals surface area contributed by atoms with Crippen LogP contribution in [0.4, 0.5) is 0 Å². The van der Waals surface area contributed by atoms with E-state index in [4.69, 9.17) is 61.6 Å². The first-order chi connectivity index (χ1) is 37.0. The van der Waals surface area contributed by atoms with E-state index in [0.29, 0.717) is 24.7 Å². The fraction of sp³-hybridized carbons (Fsp3) is 0.963. The van der Waals surface area contributed by atoms with Crippen LogP contribution in [-0.2, 0) is 61.6 Å². The van der Waals surface area contributed by atoms with Gasteiger partial charge in [-0.2, -0.15) is 0 Å². The van der Waals surface area contributed by atoms with Crippen LogP contribution in [0.2, 0.25) is 0 Å². The molecule has 24 nitrogen and oxygen atoms in total. The summed E-state index contributed by atoms with van der Waals surface area (Å²) in [5.41, 5.74) is 0.988. The van der Waals surface area contributed by atoms with Crippen LogP contribution < -0.4 is 0 Å². The molecule has 0 bridgehead atoms. The molecule has 0 aromatic heterocycles. The van der Waals surface area contributed by atoms with E-state index in [0.717, 1.165) is 38.5 Å². The molecule has 0 spiro atoms. The second-order valence-electron chi connectivity index (χ2n) is 24.3. The van der Waals surface area contributed by atoms with Crippen molar-refractivity contribution in [3.8, 4) is 0 Å². The fourth-order valence-corrected chi connectivity index (χ4v) is 15.4. The summed E-state index contributed by atoms with van der Waals surface area (Å²) >= 11 is 0. The third kappa shape index (κ3) is 11.4. The van der Waals surface area contributed by atoms with Gasteiger partial charge in [0.15, 0.2) is 31.5 Å². The number of aliphatic hydroxyl groups is 11. The highest BCUT2D eigenvalue weighted by Gasteiger charge is 2.63. The molecule has 0 unspecified atom stereocenters. The molecule has 5 saturated heterocycles. The van der Waals surface area contributed by atoms with Gasteiger partial charge in [0.05, 0.1) is 55.9 Å². The van der Waals surface area contributed by atoms with Crippen molar-refractivity contribution >= 4 is 0 Å². The summed E-state index contributed by atoms with van der Waals surface area (Å²) in [5.74, 6) is 0.519. The molecular formula is C54H90O24. The summed E-state index contributed by atoms with van der Waals surface area (Å²) in [6, 6.07) is 0. The predicted octanol–water partition coefficient (Wildman–Crippen LogP) is -1.53. The predicted molar refractivity (Wildman–Crippen MR) is 266 cm³/mol. The molecule has 0 amide bonds. The number of aliphatic hydroxyl groups excluding tert-OH is 11. The Morgan fingerprint density at radius 2 is 1.21 bits per heavy atom. The van der Waals surface area contributed by atoms with E-state index >= 15 is 0 Å². The van der Waals surface area contributed by atoms with E-state index < -0.39 is 173 Å². The Morgan fingerprint density at radius 3 is 1.87 bits per heavy atom. The lowest BCUT2D eigenvalue weighted by Crippen LogP contribution is -2.65. The van der Waals surface area contributed by atoms with Gasteiger partial charge in [-0.1, -0.05) is 25.5 Å². The lowest BCUT2D eigenvalue weighted by Gasteiger charge is -2.58. The lowest BCUT2D eigenvalue weighted by atomic mass is 9.47. The van der Waals surface area contributed by atoms with E-state index in [9.17, 15) is 56.2 Å². The highest BCUT2D eigenvalue weighted by atomic mass is 16.8. The molecule has 5 heterocycles. The van der Waals surface area contributed by atoms with Gasteiger partial charge in [0.2, 0.25) is 0 Å². The minimum absolute atomic E-state index is 0.0668. The van der Waals surface area contributed by atoms with Crippen molar-refractivity contribution < 1.29 is 118 Å². The van der Waals surface area contributed by atoms with Crippen LogP contribution in [0.1, 0.15) is 92.9 Å². The third-order valence-electron chi connectivity index (χ3n) is 19.9. The molecule has 78 heavy (non-hydrogen) atoms. The monoisotopic (exact) mass is 1120 g/mol. The Balaban J connectivity index is 0.832. The van der Waals surface area contributed by atoms with Crippen molar-refractivity contribution in [3.63, 3.8) is 0 Å². The highest BCUT2D eigenvalue weighted by molar-refractivity contribution is 5.26. The molecule has 0 radical (unpaired) electrons. The Morgan fingerprint density at radius 1 is 0.590 bits per heavy atom. The molecule has 24 heteroatoms. The van der Waals surface area contributed by atoms with Crippen LogP contribution in [0.5, 0.6) is 0 Å². The van der Waals surface area contributed by atoms with Crippen LogP contribution in [-0.4, -0.2) is 256 Å². The van der Waals surface area contributed by atoms with Crippen molar-refractivity contribution in [1.82, 2.24) is 0 Å². The summed E-state index contributed by atoms with van der Waals surface area (Å²) in [6.45, 7) is 10.5. The molecule has 3 saturated carbocycles. The maximum Gasteiger partial charge on any atom is 0.187 e. The Bertz CT molecular complexity index is 1990. The minimum atomic E-state index is -1.84. The molecule has 4 aliphatic carbocycles. The quantitative estimate of drug-likeness (QED) is 0.0782. The third-order valence-corrected chi connectivity index (χ3v) is 19.9. The van der Waals surface area contributed by atoms with Gasteiger partial charge in [0.1, 0.15) is 91.6 Å². The van der Waals surface area contributed by atoms with Gasteiger partial charge in [-0.25, -0.2) is 0 Å². The van der Waals surface area contributed by atoms with E-state index in [1.54, 1.807) is 21.0 Å². The molecule has 9 rings (SSSR count). The Kier molecular flexibility index (Phi) is 19.5. The first kappa shape index (κ1) is 61.3. The molecular weight excluding hydrogens is 1030 g/mol. The molecule has 5 aliphatic heterocycles. The standard InChI is InChI=1S/C54H90O24/c1-21(71-52-48(47(68-9)37(58)23(3)73-52)78-50-43(64)41(62)39(60)33(76-50)20-69-49-42(63)40(61)38(59)32(19-55)75-49)35-30(56)17-29-27-11-10-25-16-26(12-14-53(25,5)28(27)13-15-54(29,35)6)74-34-18-31(66-7)45(24(4)70-34)77-51-44(65)46(67-8)36(57)22(2)72-51/h10,21-24,26-52,55-65H,11-20H2,1-9H3/t21-,22+,23+,24+,26-,27+,28-,29+,30-,31-,32+,33+,34-,35-,36-,37-,38+,39+,40-,41-,42+,43+,44+,45+,46-,47-,48+,49+,50-,51-,52+,53-,54-/m0/s1. The fourth-order valence-electron chi connectivity index (χ4n) is 15.4. The SMILES string of the molecule is CO[C@H]1[C@@H](O)[C@@H](C)O[C@@H](O[C@H]2[C@@H](OC)C[C@H](O[C@H]3CC[C@@]4(C)C(=CC[C@H]5[C@H]6C[C@H](O)[C@H]([C@H](C)O[C@@H]7O[C@H](C)[C@H](O)[C@H](OC)[C@H]7O[C@@H]7O[C@H](CO[C@@H]8O[C@H](CO)[C@@H](O)[C@H](O)[C@H]8O)[C@@H](O)[C@H](O)[C@H]7O)[C@@]6(C)CC[C@@H]54)C3)O[C@@H]2C)[C@@H]1O. The van der Waals surface area contributed by atoms with Crippen molar-refractivity contribution in [2.45, 2.75) is 259 Å². The zero-order valence-corrected chi connectivity index (χ0v) is 46.3. The van der Waals surface area contributed by atoms with Crippen LogP contribution in [0, 0.1) is 34.5 Å². The topological polar surface area (TPSA) is 343 Å². The number of rotatable bonds is 16. The second-order valence-corrected chi connectivity index (χ2v) is 24.3. The van der Waals surface area contributed by atoms with Gasteiger partial charge in [0.25, 0.3) is 0 Å². The molecule has 9 aliphatic rings. The average Bonchev–Trinajstić information content (AvgIpc) is 3.93. The largest absolute Gasteiger partial charge is 0.394 e. The van der Waals surface area contributed by atoms with Gasteiger partial charge in [0, 0.05) is 33.7 Å². The number of ether oxygens (including phenoxy) is 13. The van der Waals surface area contributed by atoms with Crippen LogP contribution in [0.3, 0.4) is 0 Å². The van der Waals surface area contributed by atoms with Crippen LogP contribution >= 0.6 is 0 Å². The number of hydrogen-bond donors (Lipinski definition) is 11. The molecule has 33 atom stereocenters. The van der Waals surface area contributed by atoms with Crippen molar-refractivity contribution in [3.05, 3.63) is 11.6 Å². The van der Waals surface area contributed by atoms with Gasteiger partial charge in [-0.05, 0) is 101 Å². The second kappa shape index (κ2) is 24.8. The van der Waals surface area contributed by atoms with Crippen molar-refractivity contribution in [1.29, 1.82) is 0 Å². The molecule has 8 fully saturated rings. The summed E-state index contributed by atoms with van der Waals surface area (Å²) in [7, 11) is 4.41. The zero-order valence-electron chi connectivity index (χ0n) is 46.3. The zero-order chi connectivity index (χ0) is 56.4. The molecule has 11 N–H and O–H groups in total. The summed E-state index contributed by atoms with van der Waals surface area (Å²) in [6.07, 6.45) is -21.9. The summed E-state index contributed by atoms with van der Waals surface area (Å²) in [5, 5.41) is 119. The van der Waals surface area contributed by atoms with E-state index in [-0.39, 0.29) is 28.8 Å². The van der Waals surface area contributed by atoms with Crippen LogP contribution in [0.15, 0.2) is 11.6 Å². The minimum Gasteiger partial charge on any atom is -0.394 e. The van der Waals surface area contributed by atoms with Crippen molar-refractivity contribution in [2.75, 3.05) is 34.5 Å². The van der Waals surface area contributed by atoms with Crippen LogP contribution in [0.25, 0.3) is 0 Å². The Labute approximate surface area is 456 Å². The smallest absolute Gasteiger partial charge is 0.187 e. The number of allylic oxidation sites excluding steroid dienone is 1. The first-order valence-electron chi connectivity index (χ1n) is 28.2. The summed E-state index contributed by atoms with van der Waals surface area (Å²) < 4.78 is 78.8. The molecule has 450 valence electrons. The van der Waals surface area contributed by atoms with Gasteiger partial charge < -0.3 is 118 Å². The van der Waals surface area contributed by atoms with E-state index in [1.807, 2.05) is 13.8 Å². The van der Waals surface area contributed by atoms with Gasteiger partial charge >= 0.3 is 0 Å². The number of hydrogen-bond acceptors (Lipinski definition) is 24. The highest BCUT2D eigenvalue weighted by Crippen LogP contribution is 2.67. The van der Waals surface area contributed by atoms with Gasteiger partial charge in [-0.3, -0.25) is 0 Å². The van der Waals surface area contributed by atoms with E-state index in [1.165, 1.54) is 19.8 Å². The normalized spacial score (nSPS) is 54.1. The number of methoxy groups -OCH3 is 3. The first-order valence-corrected chi connectivity index (χ1v) is 28.2. The summed E-state index contributed by atoms with van der Waals surface area (Å²) in [4.78, 5) is 0. The van der Waals surface area contributed by atoms with Crippen molar-refractivity contribution in [2.24, 2.45) is 34.5 Å². The maximum atomic E-state index is 12.1. The van der Waals surface area contributed by atoms with Gasteiger partial charge in [-0.15, -0.1) is 0 Å². The maximum absolute atomic E-state index is 12.1. The number of fused-ring (bicyclic) bond motifs is 5. The average molecular weight is 1120 g/mol. The lowest BCUT2D eigenvalue weighted by molar-refractivity contribution is -0.376. The molecule has 0 aromatic carbocycles. The van der Waals surface area contributed by atoms with E-state index in [2.05, 4.69) is 19.9 Å². The molecule has 0 aromatic rings.